The fraction of sp³-hybridized carbons (Fsp3) is 0.0833. The molecule has 0 bridgehead atoms. The van der Waals surface area contributed by atoms with Gasteiger partial charge in [-0.25, -0.2) is 4.79 Å². The molecule has 0 fully saturated rings. The zero-order valence-corrected chi connectivity index (χ0v) is 23.5. The Morgan fingerprint density at radius 1 is 0.537 bits per heavy atom. The number of carbonyl (C=O) groups is 1. The first-order valence-electron chi connectivity index (χ1n) is 13.5. The molecule has 0 spiro atoms. The van der Waals surface area contributed by atoms with Crippen molar-refractivity contribution in [3.8, 4) is 11.5 Å². The third kappa shape index (κ3) is 5.49. The lowest BCUT2D eigenvalue weighted by Gasteiger charge is -2.17. The lowest BCUT2D eigenvalue weighted by molar-refractivity contribution is 0.0162. The normalized spacial score (nSPS) is 11.1. The first kappa shape index (κ1) is 26.5. The quantitative estimate of drug-likeness (QED) is 0.0772. The van der Waals surface area contributed by atoms with Crippen molar-refractivity contribution < 1.29 is 19.0 Å². The van der Waals surface area contributed by atoms with Gasteiger partial charge in [0.25, 0.3) is 0 Å². The molecular formula is C36H29O4S+. The maximum Gasteiger partial charge on any atom is 0.341 e. The molecule has 0 radical (unpaired) electrons. The largest absolute Gasteiger partial charge is 0.493 e. The van der Waals surface area contributed by atoms with E-state index in [1.807, 2.05) is 91.9 Å². The zero-order valence-electron chi connectivity index (χ0n) is 22.7. The summed E-state index contributed by atoms with van der Waals surface area (Å²) in [5.74, 6) is 1.06. The van der Waals surface area contributed by atoms with Gasteiger partial charge in [-0.1, -0.05) is 84.9 Å². The zero-order chi connectivity index (χ0) is 28.0. The van der Waals surface area contributed by atoms with Crippen LogP contribution in [0.5, 0.6) is 11.5 Å². The van der Waals surface area contributed by atoms with Crippen LogP contribution in [0.4, 0.5) is 0 Å². The molecule has 6 rings (SSSR count). The van der Waals surface area contributed by atoms with E-state index in [1.54, 1.807) is 0 Å². The van der Waals surface area contributed by atoms with Gasteiger partial charge in [0, 0.05) is 21.5 Å². The second-order valence-electron chi connectivity index (χ2n) is 9.33. The Morgan fingerprint density at radius 2 is 0.951 bits per heavy atom. The van der Waals surface area contributed by atoms with Crippen LogP contribution < -0.4 is 9.47 Å². The molecule has 41 heavy (non-hydrogen) atoms. The van der Waals surface area contributed by atoms with Crippen molar-refractivity contribution in [3.05, 3.63) is 139 Å². The summed E-state index contributed by atoms with van der Waals surface area (Å²) < 4.78 is 17.8. The summed E-state index contributed by atoms with van der Waals surface area (Å²) >= 11 is 0. The van der Waals surface area contributed by atoms with Gasteiger partial charge in [0.2, 0.25) is 6.79 Å². The minimum Gasteiger partial charge on any atom is -0.493 e. The van der Waals surface area contributed by atoms with Crippen LogP contribution in [-0.2, 0) is 15.6 Å². The molecule has 0 aliphatic heterocycles. The van der Waals surface area contributed by atoms with Crippen molar-refractivity contribution >= 4 is 38.4 Å². The number of hydrogen-bond donors (Lipinski definition) is 0. The van der Waals surface area contributed by atoms with Crippen molar-refractivity contribution in [1.82, 2.24) is 0 Å². The number of fused-ring (bicyclic) bond motifs is 2. The van der Waals surface area contributed by atoms with Gasteiger partial charge in [-0.2, -0.15) is 0 Å². The highest BCUT2D eigenvalue weighted by Crippen LogP contribution is 2.42. The Labute approximate surface area is 242 Å². The molecule has 0 saturated heterocycles. The summed E-state index contributed by atoms with van der Waals surface area (Å²) in [6, 6.07) is 44.4. The van der Waals surface area contributed by atoms with Crippen molar-refractivity contribution in [2.75, 3.05) is 13.4 Å². The third-order valence-electron chi connectivity index (χ3n) is 6.80. The van der Waals surface area contributed by atoms with Crippen molar-refractivity contribution in [3.63, 3.8) is 0 Å². The molecule has 0 heterocycles. The van der Waals surface area contributed by atoms with Gasteiger partial charge < -0.3 is 14.2 Å². The number of benzene rings is 6. The highest BCUT2D eigenvalue weighted by molar-refractivity contribution is 7.97. The van der Waals surface area contributed by atoms with Crippen LogP contribution in [0.3, 0.4) is 0 Å². The third-order valence-corrected chi connectivity index (χ3v) is 9.03. The maximum atomic E-state index is 13.0. The number of rotatable bonds is 9. The molecule has 4 nitrogen and oxygen atoms in total. The number of carbonyl (C=O) groups excluding carboxylic acids is 1. The first-order valence-corrected chi connectivity index (χ1v) is 14.8. The van der Waals surface area contributed by atoms with Gasteiger partial charge in [0.05, 0.1) is 23.1 Å². The van der Waals surface area contributed by atoms with Crippen LogP contribution in [-0.4, -0.2) is 19.4 Å². The molecule has 202 valence electrons. The van der Waals surface area contributed by atoms with Crippen LogP contribution in [0.2, 0.25) is 0 Å². The monoisotopic (exact) mass is 557 g/mol. The molecule has 0 unspecified atom stereocenters. The lowest BCUT2D eigenvalue weighted by atomic mass is 10.0. The fourth-order valence-electron chi connectivity index (χ4n) is 4.98. The van der Waals surface area contributed by atoms with Gasteiger partial charge >= 0.3 is 5.97 Å². The predicted molar refractivity (Wildman–Crippen MR) is 165 cm³/mol. The van der Waals surface area contributed by atoms with Gasteiger partial charge in [-0.3, -0.25) is 0 Å². The minimum atomic E-state index is -0.435. The fourth-order valence-corrected chi connectivity index (χ4v) is 7.06. The summed E-state index contributed by atoms with van der Waals surface area (Å²) in [4.78, 5) is 16.6. The highest BCUT2D eigenvalue weighted by atomic mass is 32.2. The van der Waals surface area contributed by atoms with E-state index in [4.69, 9.17) is 14.2 Å². The molecule has 6 aromatic rings. The minimum absolute atomic E-state index is 0.207. The predicted octanol–water partition coefficient (Wildman–Crippen LogP) is 8.68. The molecule has 0 aromatic heterocycles. The Hall–Kier alpha value is -4.74. The Bertz CT molecular complexity index is 1690. The van der Waals surface area contributed by atoms with Gasteiger partial charge in [0.15, 0.2) is 14.7 Å². The summed E-state index contributed by atoms with van der Waals surface area (Å²) in [6.07, 6.45) is 0. The number of ether oxygens (including phenoxy) is 3. The number of esters is 1. The maximum absolute atomic E-state index is 13.0. The molecule has 0 aliphatic carbocycles. The molecule has 5 heteroatoms. The van der Waals surface area contributed by atoms with Crippen molar-refractivity contribution in [2.24, 2.45) is 0 Å². The van der Waals surface area contributed by atoms with Crippen molar-refractivity contribution in [1.29, 1.82) is 0 Å². The Kier molecular flexibility index (Phi) is 7.88. The summed E-state index contributed by atoms with van der Waals surface area (Å²) in [5.41, 5.74) is 0.475. The standard InChI is InChI=1S/C36H29O4S/c1-2-38-34-30-17-9-11-19-32(30)35(33-20-12-10-18-31(33)34)39-25-40-36(37)26-21-23-29(24-22-26)41(27-13-5-3-6-14-27)28-15-7-4-8-16-28/h3-24H,2,25H2,1H3/q+1. The molecule has 6 aromatic carbocycles. The first-order chi connectivity index (χ1) is 20.2. The van der Waals surface area contributed by atoms with E-state index in [2.05, 4.69) is 48.5 Å². The Morgan fingerprint density at radius 3 is 1.41 bits per heavy atom. The van der Waals surface area contributed by atoms with Crippen LogP contribution in [0.25, 0.3) is 21.5 Å². The van der Waals surface area contributed by atoms with E-state index in [0.29, 0.717) is 17.9 Å². The van der Waals surface area contributed by atoms with Crippen LogP contribution in [0.1, 0.15) is 17.3 Å². The van der Waals surface area contributed by atoms with Crippen LogP contribution in [0.15, 0.2) is 148 Å². The van der Waals surface area contributed by atoms with E-state index in [0.717, 1.165) is 32.2 Å². The molecular weight excluding hydrogens is 528 g/mol. The second-order valence-corrected chi connectivity index (χ2v) is 11.4. The molecule has 0 atom stereocenters. The SMILES string of the molecule is CCOc1c2ccccc2c(OCOC(=O)c2ccc([S+](c3ccccc3)c3ccccc3)cc2)c2ccccc12. The average molecular weight is 558 g/mol. The number of hydrogen-bond acceptors (Lipinski definition) is 4. The van der Waals surface area contributed by atoms with E-state index < -0.39 is 5.97 Å². The van der Waals surface area contributed by atoms with E-state index >= 15 is 0 Å². The van der Waals surface area contributed by atoms with Gasteiger partial charge in [-0.15, -0.1) is 0 Å². The molecule has 0 N–H and O–H groups in total. The summed E-state index contributed by atoms with van der Waals surface area (Å²) in [6.45, 7) is 2.33. The van der Waals surface area contributed by atoms with E-state index in [1.165, 1.54) is 9.79 Å². The van der Waals surface area contributed by atoms with Crippen molar-refractivity contribution in [2.45, 2.75) is 21.6 Å². The van der Waals surface area contributed by atoms with E-state index in [-0.39, 0.29) is 17.7 Å². The van der Waals surface area contributed by atoms with E-state index in [9.17, 15) is 4.79 Å². The molecule has 0 aliphatic rings. The topological polar surface area (TPSA) is 44.8 Å². The average Bonchev–Trinajstić information content (AvgIpc) is 3.03. The highest BCUT2D eigenvalue weighted by Gasteiger charge is 2.28. The summed E-state index contributed by atoms with van der Waals surface area (Å²) in [5, 5.41) is 3.72. The van der Waals surface area contributed by atoms with Gasteiger partial charge in [-0.05, 0) is 55.5 Å². The summed E-state index contributed by atoms with van der Waals surface area (Å²) in [7, 11) is -0.284. The van der Waals surface area contributed by atoms with Gasteiger partial charge in [0.1, 0.15) is 11.5 Å². The Balaban J connectivity index is 1.22. The second kappa shape index (κ2) is 12.2. The molecule has 0 amide bonds. The molecule has 0 saturated carbocycles. The van der Waals surface area contributed by atoms with Crippen LogP contribution in [0, 0.1) is 0 Å². The van der Waals surface area contributed by atoms with Crippen LogP contribution >= 0.6 is 0 Å². The lowest BCUT2D eigenvalue weighted by Crippen LogP contribution is -2.12. The smallest absolute Gasteiger partial charge is 0.341 e.